The van der Waals surface area contributed by atoms with Gasteiger partial charge in [-0.05, 0) is 23.8 Å². The highest BCUT2D eigenvalue weighted by Crippen LogP contribution is 2.23. The third-order valence-corrected chi connectivity index (χ3v) is 3.91. The molecule has 0 spiro atoms. The van der Waals surface area contributed by atoms with Crippen LogP contribution in [0.2, 0.25) is 0 Å². The molecule has 118 valence electrons. The number of nitrogens with two attached hydrogens (primary N) is 1. The largest absolute Gasteiger partial charge is 0.382 e. The van der Waals surface area contributed by atoms with Gasteiger partial charge in [-0.1, -0.05) is 36.4 Å². The van der Waals surface area contributed by atoms with E-state index in [-0.39, 0.29) is 11.5 Å². The smallest absolute Gasteiger partial charge is 0.326 e. The number of hydrogen-bond acceptors (Lipinski definition) is 4. The fourth-order valence-corrected chi connectivity index (χ4v) is 2.74. The Kier molecular flexibility index (Phi) is 3.35. The van der Waals surface area contributed by atoms with Gasteiger partial charge in [-0.15, -0.1) is 0 Å². The Morgan fingerprint density at radius 3 is 2.58 bits per heavy atom. The van der Waals surface area contributed by atoms with Crippen LogP contribution in [0.4, 0.5) is 5.82 Å². The fraction of sp³-hybridized carbons (Fsp3) is 0.0556. The summed E-state index contributed by atoms with van der Waals surface area (Å²) in [4.78, 5) is 23.8. The van der Waals surface area contributed by atoms with E-state index in [1.807, 2.05) is 54.6 Å². The number of rotatable bonds is 3. The van der Waals surface area contributed by atoms with Crippen LogP contribution in [0.25, 0.3) is 22.4 Å². The number of pyridine rings is 2. The molecular formula is C18H15N5O. The molecule has 6 heteroatoms. The molecule has 24 heavy (non-hydrogen) atoms. The summed E-state index contributed by atoms with van der Waals surface area (Å²) in [7, 11) is 0. The number of nitrogen functional groups attached to an aromatic ring is 1. The Labute approximate surface area is 137 Å². The van der Waals surface area contributed by atoms with Crippen molar-refractivity contribution in [2.24, 2.45) is 0 Å². The fourth-order valence-electron chi connectivity index (χ4n) is 2.74. The summed E-state index contributed by atoms with van der Waals surface area (Å²) < 4.78 is 1.66. The summed E-state index contributed by atoms with van der Waals surface area (Å²) in [6, 6.07) is 17.2. The van der Waals surface area contributed by atoms with Crippen molar-refractivity contribution in [3.63, 3.8) is 0 Å². The molecule has 3 N–H and O–H groups in total. The lowest BCUT2D eigenvalue weighted by molar-refractivity contribution is 0.787. The number of H-pyrrole nitrogens is 1. The highest BCUT2D eigenvalue weighted by atomic mass is 16.1. The number of aromatic amines is 1. The first-order chi connectivity index (χ1) is 11.7. The van der Waals surface area contributed by atoms with Gasteiger partial charge in [0, 0.05) is 6.20 Å². The first kappa shape index (κ1) is 14.2. The predicted molar refractivity (Wildman–Crippen MR) is 93.5 cm³/mol. The van der Waals surface area contributed by atoms with Crippen LogP contribution in [0.15, 0.2) is 65.6 Å². The maximum atomic E-state index is 12.4. The number of nitrogens with zero attached hydrogens (tertiary/aromatic N) is 3. The minimum Gasteiger partial charge on any atom is -0.382 e. The highest BCUT2D eigenvalue weighted by Gasteiger charge is 2.13. The number of anilines is 1. The van der Waals surface area contributed by atoms with Gasteiger partial charge in [0.25, 0.3) is 0 Å². The molecule has 3 heterocycles. The van der Waals surface area contributed by atoms with E-state index < -0.39 is 0 Å². The quantitative estimate of drug-likeness (QED) is 0.607. The molecule has 0 atom stereocenters. The predicted octanol–water partition coefficient (Wildman–Crippen LogP) is 2.42. The van der Waals surface area contributed by atoms with Crippen molar-refractivity contribution in [2.45, 2.75) is 6.54 Å². The van der Waals surface area contributed by atoms with Crippen LogP contribution in [0.1, 0.15) is 5.56 Å². The number of aromatic nitrogens is 4. The van der Waals surface area contributed by atoms with Crippen molar-refractivity contribution in [3.05, 3.63) is 76.8 Å². The van der Waals surface area contributed by atoms with E-state index in [1.165, 1.54) is 0 Å². The Morgan fingerprint density at radius 2 is 1.83 bits per heavy atom. The van der Waals surface area contributed by atoms with Crippen molar-refractivity contribution in [1.29, 1.82) is 0 Å². The van der Waals surface area contributed by atoms with Gasteiger partial charge in [-0.2, -0.15) is 0 Å². The molecule has 4 rings (SSSR count). The molecular weight excluding hydrogens is 302 g/mol. The first-order valence-electron chi connectivity index (χ1n) is 7.57. The van der Waals surface area contributed by atoms with E-state index in [0.717, 1.165) is 11.1 Å². The molecule has 1 aromatic carbocycles. The zero-order chi connectivity index (χ0) is 16.5. The maximum absolute atomic E-state index is 12.4. The molecule has 0 fully saturated rings. The summed E-state index contributed by atoms with van der Waals surface area (Å²) >= 11 is 0. The van der Waals surface area contributed by atoms with Crippen LogP contribution in [0.5, 0.6) is 0 Å². The standard InChI is InChI=1S/C18H15N5O/c19-17-16-15(10-14(21-17)13-8-4-5-9-20-13)23(18(24)22-16)11-12-6-2-1-3-7-12/h1-10H,11H2,(H2,19,21)(H,22,24). The topological polar surface area (TPSA) is 89.6 Å². The van der Waals surface area contributed by atoms with E-state index in [0.29, 0.717) is 23.4 Å². The lowest BCUT2D eigenvalue weighted by Crippen LogP contribution is -2.17. The number of fused-ring (bicyclic) bond motifs is 1. The molecule has 0 saturated heterocycles. The molecule has 0 aliphatic heterocycles. The second-order valence-corrected chi connectivity index (χ2v) is 5.50. The zero-order valence-corrected chi connectivity index (χ0v) is 12.8. The van der Waals surface area contributed by atoms with Crippen LogP contribution in [0.3, 0.4) is 0 Å². The van der Waals surface area contributed by atoms with Gasteiger partial charge in [0.2, 0.25) is 0 Å². The number of hydrogen-bond donors (Lipinski definition) is 2. The Hall–Kier alpha value is -3.41. The minimum atomic E-state index is -0.208. The maximum Gasteiger partial charge on any atom is 0.326 e. The lowest BCUT2D eigenvalue weighted by atomic mass is 10.2. The number of imidazole rings is 1. The third kappa shape index (κ3) is 2.44. The average molecular weight is 317 g/mol. The van der Waals surface area contributed by atoms with Crippen LogP contribution in [0, 0.1) is 0 Å². The minimum absolute atomic E-state index is 0.208. The number of nitrogens with one attached hydrogen (secondary N) is 1. The van der Waals surface area contributed by atoms with Gasteiger partial charge >= 0.3 is 5.69 Å². The molecule has 0 saturated carbocycles. The van der Waals surface area contributed by atoms with E-state index in [2.05, 4.69) is 15.0 Å². The molecule has 3 aromatic heterocycles. The van der Waals surface area contributed by atoms with Crippen LogP contribution >= 0.6 is 0 Å². The zero-order valence-electron chi connectivity index (χ0n) is 12.8. The Morgan fingerprint density at radius 1 is 1.04 bits per heavy atom. The van der Waals surface area contributed by atoms with E-state index in [1.54, 1.807) is 10.8 Å². The van der Waals surface area contributed by atoms with Gasteiger partial charge in [0.05, 0.1) is 23.4 Å². The molecule has 0 bridgehead atoms. The van der Waals surface area contributed by atoms with Gasteiger partial charge in [-0.3, -0.25) is 9.55 Å². The molecule has 0 unspecified atom stereocenters. The molecule has 6 nitrogen and oxygen atoms in total. The van der Waals surface area contributed by atoms with Gasteiger partial charge in [-0.25, -0.2) is 9.78 Å². The molecule has 4 aromatic rings. The summed E-state index contributed by atoms with van der Waals surface area (Å²) in [6.07, 6.45) is 1.70. The van der Waals surface area contributed by atoms with Gasteiger partial charge in [0.1, 0.15) is 11.3 Å². The van der Waals surface area contributed by atoms with Crippen molar-refractivity contribution in [1.82, 2.24) is 19.5 Å². The molecule has 0 amide bonds. The van der Waals surface area contributed by atoms with Crippen LogP contribution in [-0.4, -0.2) is 19.5 Å². The first-order valence-corrected chi connectivity index (χ1v) is 7.57. The van der Waals surface area contributed by atoms with E-state index in [4.69, 9.17) is 5.73 Å². The summed E-state index contributed by atoms with van der Waals surface area (Å²) in [6.45, 7) is 0.463. The van der Waals surface area contributed by atoms with Gasteiger partial charge < -0.3 is 10.7 Å². The SMILES string of the molecule is Nc1nc(-c2ccccn2)cc2c1[nH]c(=O)n2Cc1ccccc1. The van der Waals surface area contributed by atoms with Crippen molar-refractivity contribution in [2.75, 3.05) is 5.73 Å². The second kappa shape index (κ2) is 5.66. The normalized spacial score (nSPS) is 11.0. The van der Waals surface area contributed by atoms with Crippen LogP contribution < -0.4 is 11.4 Å². The molecule has 0 radical (unpaired) electrons. The monoisotopic (exact) mass is 317 g/mol. The van der Waals surface area contributed by atoms with Crippen molar-refractivity contribution >= 4 is 16.9 Å². The average Bonchev–Trinajstić information content (AvgIpc) is 2.93. The van der Waals surface area contributed by atoms with Gasteiger partial charge in [0.15, 0.2) is 0 Å². The summed E-state index contributed by atoms with van der Waals surface area (Å²) in [5.41, 5.74) is 9.50. The van der Waals surface area contributed by atoms with E-state index >= 15 is 0 Å². The number of benzene rings is 1. The second-order valence-electron chi connectivity index (χ2n) is 5.50. The van der Waals surface area contributed by atoms with E-state index in [9.17, 15) is 4.79 Å². The van der Waals surface area contributed by atoms with Crippen molar-refractivity contribution < 1.29 is 0 Å². The Bertz CT molecular complexity index is 1050. The third-order valence-electron chi connectivity index (χ3n) is 3.91. The lowest BCUT2D eigenvalue weighted by Gasteiger charge is -2.06. The van der Waals surface area contributed by atoms with Crippen molar-refractivity contribution in [3.8, 4) is 11.4 Å². The summed E-state index contributed by atoms with van der Waals surface area (Å²) in [5.74, 6) is 0.289. The molecule has 0 aliphatic rings. The van der Waals surface area contributed by atoms with Crippen LogP contribution in [-0.2, 0) is 6.54 Å². The molecule has 0 aliphatic carbocycles. The Balaban J connectivity index is 1.90. The highest BCUT2D eigenvalue weighted by molar-refractivity contribution is 5.88. The summed E-state index contributed by atoms with van der Waals surface area (Å²) in [5, 5.41) is 0.